The Morgan fingerprint density at radius 3 is 2.71 bits per heavy atom. The van der Waals surface area contributed by atoms with E-state index in [1.165, 1.54) is 0 Å². The zero-order chi connectivity index (χ0) is 18.9. The highest BCUT2D eigenvalue weighted by Gasteiger charge is 2.27. The van der Waals surface area contributed by atoms with Gasteiger partial charge in [0.2, 0.25) is 0 Å². The number of halogens is 2. The molecular weight excluding hydrogens is 421 g/mol. The number of benzene rings is 1. The van der Waals surface area contributed by atoms with Crippen molar-refractivity contribution in [2.75, 3.05) is 18.1 Å². The SMILES string of the molecule is Cl.O=S1(=O)CCC(NCCn2cncc2-c2cnn(-c3ccc(Cl)cc3)c2)C1. The molecular formula is C18H21Cl2N5O2S. The molecule has 1 fully saturated rings. The van der Waals surface area contributed by atoms with E-state index in [1.54, 1.807) is 17.2 Å². The Morgan fingerprint density at radius 1 is 1.21 bits per heavy atom. The average Bonchev–Trinajstić information content (AvgIpc) is 3.35. The standard InChI is InChI=1S/C18H20ClN5O2S.ClH/c19-15-1-3-17(4-2-15)24-11-14(9-22-24)18-10-20-13-23(18)7-6-21-16-5-8-27(25,26)12-16;/h1-4,9-11,13,16,21H,5-8,12H2;1H. The average molecular weight is 442 g/mol. The smallest absolute Gasteiger partial charge is 0.151 e. The third kappa shape index (κ3) is 4.75. The number of sulfone groups is 1. The normalized spacial score (nSPS) is 18.1. The van der Waals surface area contributed by atoms with Crippen molar-refractivity contribution in [1.82, 2.24) is 24.6 Å². The van der Waals surface area contributed by atoms with Gasteiger partial charge in [0.05, 0.1) is 41.6 Å². The number of nitrogens with one attached hydrogen (secondary N) is 1. The second-order valence-corrected chi connectivity index (χ2v) is 9.34. The summed E-state index contributed by atoms with van der Waals surface area (Å²) in [5.74, 6) is 0.516. The maximum atomic E-state index is 11.5. The van der Waals surface area contributed by atoms with E-state index in [2.05, 4.69) is 15.4 Å². The zero-order valence-electron chi connectivity index (χ0n) is 15.0. The van der Waals surface area contributed by atoms with Gasteiger partial charge in [-0.3, -0.25) is 0 Å². The first-order valence-electron chi connectivity index (χ1n) is 8.75. The molecule has 0 saturated carbocycles. The molecule has 7 nitrogen and oxygen atoms in total. The molecule has 1 aliphatic heterocycles. The summed E-state index contributed by atoms with van der Waals surface area (Å²) in [6.07, 6.45) is 8.03. The second kappa shape index (κ2) is 8.65. The minimum Gasteiger partial charge on any atom is -0.329 e. The van der Waals surface area contributed by atoms with Crippen LogP contribution in [-0.4, -0.2) is 51.8 Å². The first kappa shape index (κ1) is 20.9. The van der Waals surface area contributed by atoms with Crippen molar-refractivity contribution in [3.05, 3.63) is 54.2 Å². The summed E-state index contributed by atoms with van der Waals surface area (Å²) in [6, 6.07) is 7.54. The molecule has 0 spiro atoms. The summed E-state index contributed by atoms with van der Waals surface area (Å²) in [4.78, 5) is 4.25. The van der Waals surface area contributed by atoms with Crippen LogP contribution in [0.15, 0.2) is 49.2 Å². The molecule has 1 aromatic carbocycles. The van der Waals surface area contributed by atoms with Gasteiger partial charge < -0.3 is 9.88 Å². The predicted molar refractivity (Wildman–Crippen MR) is 112 cm³/mol. The minimum atomic E-state index is -2.86. The van der Waals surface area contributed by atoms with Crippen LogP contribution in [0.4, 0.5) is 0 Å². The Balaban J connectivity index is 0.00000225. The van der Waals surface area contributed by atoms with Gasteiger partial charge in [-0.15, -0.1) is 12.4 Å². The van der Waals surface area contributed by atoms with E-state index >= 15 is 0 Å². The van der Waals surface area contributed by atoms with Crippen molar-refractivity contribution in [3.63, 3.8) is 0 Å². The Morgan fingerprint density at radius 2 is 2.00 bits per heavy atom. The van der Waals surface area contributed by atoms with E-state index in [1.807, 2.05) is 41.2 Å². The topological polar surface area (TPSA) is 81.8 Å². The number of imidazole rings is 1. The van der Waals surface area contributed by atoms with Crippen LogP contribution >= 0.6 is 24.0 Å². The zero-order valence-corrected chi connectivity index (χ0v) is 17.4. The van der Waals surface area contributed by atoms with Crippen LogP contribution in [0.3, 0.4) is 0 Å². The third-order valence-corrected chi connectivity index (χ3v) is 6.72. The van der Waals surface area contributed by atoms with Gasteiger partial charge in [-0.25, -0.2) is 18.1 Å². The summed E-state index contributed by atoms with van der Waals surface area (Å²) < 4.78 is 26.9. The quantitative estimate of drug-likeness (QED) is 0.635. The van der Waals surface area contributed by atoms with E-state index < -0.39 is 9.84 Å². The van der Waals surface area contributed by atoms with Crippen LogP contribution in [-0.2, 0) is 16.4 Å². The van der Waals surface area contributed by atoms with Gasteiger partial charge in [-0.2, -0.15) is 5.10 Å². The lowest BCUT2D eigenvalue weighted by Crippen LogP contribution is -2.32. The minimum absolute atomic E-state index is 0. The predicted octanol–water partition coefficient (Wildman–Crippen LogP) is 2.59. The number of hydrogen-bond acceptors (Lipinski definition) is 5. The highest BCUT2D eigenvalue weighted by atomic mass is 35.5. The molecule has 3 heterocycles. The molecule has 1 N–H and O–H groups in total. The maximum Gasteiger partial charge on any atom is 0.151 e. The summed E-state index contributed by atoms with van der Waals surface area (Å²) in [6.45, 7) is 1.40. The Hall–Kier alpha value is -1.87. The lowest BCUT2D eigenvalue weighted by atomic mass is 10.2. The van der Waals surface area contributed by atoms with Crippen molar-refractivity contribution >= 4 is 33.8 Å². The van der Waals surface area contributed by atoms with Crippen LogP contribution in [0, 0.1) is 0 Å². The van der Waals surface area contributed by atoms with Gasteiger partial charge in [0.1, 0.15) is 0 Å². The molecule has 1 atom stereocenters. The molecule has 1 aliphatic rings. The van der Waals surface area contributed by atoms with E-state index in [4.69, 9.17) is 11.6 Å². The fourth-order valence-electron chi connectivity index (χ4n) is 3.27. The molecule has 0 radical (unpaired) electrons. The van der Waals surface area contributed by atoms with Gasteiger partial charge in [0, 0.05) is 35.9 Å². The first-order chi connectivity index (χ1) is 13.0. The number of aromatic nitrogens is 4. The summed E-state index contributed by atoms with van der Waals surface area (Å²) >= 11 is 5.94. The summed E-state index contributed by atoms with van der Waals surface area (Å²) in [5.41, 5.74) is 2.86. The molecule has 1 unspecified atom stereocenters. The van der Waals surface area contributed by atoms with Gasteiger partial charge in [0.25, 0.3) is 0 Å². The molecule has 28 heavy (non-hydrogen) atoms. The Labute approximate surface area is 175 Å². The third-order valence-electron chi connectivity index (χ3n) is 4.70. The van der Waals surface area contributed by atoms with E-state index in [9.17, 15) is 8.42 Å². The molecule has 4 rings (SSSR count). The fraction of sp³-hybridized carbons (Fsp3) is 0.333. The number of nitrogens with zero attached hydrogens (tertiary/aromatic N) is 4. The Bertz CT molecular complexity index is 1030. The van der Waals surface area contributed by atoms with E-state index in [0.29, 0.717) is 24.5 Å². The highest BCUT2D eigenvalue weighted by Crippen LogP contribution is 2.21. The van der Waals surface area contributed by atoms with Crippen LogP contribution in [0.2, 0.25) is 5.02 Å². The van der Waals surface area contributed by atoms with Crippen LogP contribution < -0.4 is 5.32 Å². The van der Waals surface area contributed by atoms with Gasteiger partial charge in [0.15, 0.2) is 9.84 Å². The van der Waals surface area contributed by atoms with E-state index in [0.717, 1.165) is 16.9 Å². The first-order valence-corrected chi connectivity index (χ1v) is 10.9. The van der Waals surface area contributed by atoms with Crippen molar-refractivity contribution in [3.8, 4) is 16.9 Å². The Kier molecular flexibility index (Phi) is 6.44. The number of rotatable bonds is 6. The molecule has 10 heteroatoms. The fourth-order valence-corrected chi connectivity index (χ4v) is 5.11. The van der Waals surface area contributed by atoms with E-state index in [-0.39, 0.29) is 30.0 Å². The molecule has 0 aliphatic carbocycles. The van der Waals surface area contributed by atoms with Crippen LogP contribution in [0.25, 0.3) is 16.9 Å². The van der Waals surface area contributed by atoms with Crippen molar-refractivity contribution in [2.24, 2.45) is 0 Å². The van der Waals surface area contributed by atoms with Crippen molar-refractivity contribution < 1.29 is 8.42 Å². The highest BCUT2D eigenvalue weighted by molar-refractivity contribution is 7.91. The summed E-state index contributed by atoms with van der Waals surface area (Å²) in [7, 11) is -2.86. The molecule has 0 bridgehead atoms. The van der Waals surface area contributed by atoms with Gasteiger partial charge >= 0.3 is 0 Å². The lowest BCUT2D eigenvalue weighted by molar-refractivity contribution is 0.521. The molecule has 3 aromatic rings. The van der Waals surface area contributed by atoms with Crippen LogP contribution in [0.1, 0.15) is 6.42 Å². The van der Waals surface area contributed by atoms with Gasteiger partial charge in [-0.05, 0) is 30.7 Å². The largest absolute Gasteiger partial charge is 0.329 e. The molecule has 1 saturated heterocycles. The van der Waals surface area contributed by atoms with Crippen molar-refractivity contribution in [2.45, 2.75) is 19.0 Å². The monoisotopic (exact) mass is 441 g/mol. The molecule has 0 amide bonds. The van der Waals surface area contributed by atoms with Gasteiger partial charge in [-0.1, -0.05) is 11.6 Å². The van der Waals surface area contributed by atoms with Crippen LogP contribution in [0.5, 0.6) is 0 Å². The summed E-state index contributed by atoms with van der Waals surface area (Å²) in [5, 5.41) is 8.44. The molecule has 2 aromatic heterocycles. The lowest BCUT2D eigenvalue weighted by Gasteiger charge is -2.12. The second-order valence-electron chi connectivity index (χ2n) is 6.68. The number of hydrogen-bond donors (Lipinski definition) is 1. The maximum absolute atomic E-state index is 11.5. The molecule has 150 valence electrons. The van der Waals surface area contributed by atoms with Crippen molar-refractivity contribution in [1.29, 1.82) is 0 Å².